The summed E-state index contributed by atoms with van der Waals surface area (Å²) in [7, 11) is 0. The zero-order valence-electron chi connectivity index (χ0n) is 20.8. The van der Waals surface area contributed by atoms with Crippen LogP contribution in [-0.4, -0.2) is 32.9 Å². The molecular formula is C28H37N3O2Sn. The zero-order chi connectivity index (χ0) is 24.0. The van der Waals surface area contributed by atoms with E-state index in [9.17, 15) is 4.79 Å². The molecule has 0 aromatic carbocycles. The molecule has 180 valence electrons. The number of aromatic nitrogens is 3. The summed E-state index contributed by atoms with van der Waals surface area (Å²) < 4.78 is 12.8. The van der Waals surface area contributed by atoms with Crippen molar-refractivity contribution >= 4 is 22.0 Å². The summed E-state index contributed by atoms with van der Waals surface area (Å²) in [6.45, 7) is 7.18. The normalized spacial score (nSPS) is 12.7. The number of unbranched alkanes of at least 4 members (excludes halogenated alkanes) is 3. The molecule has 3 aromatic rings. The molecule has 6 heteroatoms. The van der Waals surface area contributed by atoms with Crippen molar-refractivity contribution in [1.82, 2.24) is 14.5 Å². The Morgan fingerprint density at radius 2 is 1.65 bits per heavy atom. The fraction of sp³-hybridized carbons (Fsp3) is 0.464. The SMILES string of the molecule is CCC[CH2][Sn]([CH2]CCC)([CH2]CCC)[c]1cc2c(n(-c3cccnc3)c1=O)COc1cccnc1-2. The number of pyridine rings is 3. The van der Waals surface area contributed by atoms with E-state index in [1.54, 1.807) is 12.4 Å². The number of ether oxygens (including phenoxy) is 1. The Morgan fingerprint density at radius 1 is 0.971 bits per heavy atom. The maximum atomic E-state index is 14.4. The number of nitrogens with zero attached hydrogens (tertiary/aromatic N) is 3. The van der Waals surface area contributed by atoms with Crippen LogP contribution in [0.3, 0.4) is 0 Å². The van der Waals surface area contributed by atoms with Gasteiger partial charge in [0.15, 0.2) is 0 Å². The van der Waals surface area contributed by atoms with Crippen LogP contribution in [0.1, 0.15) is 65.0 Å². The van der Waals surface area contributed by atoms with Gasteiger partial charge in [-0.05, 0) is 0 Å². The van der Waals surface area contributed by atoms with E-state index in [-0.39, 0.29) is 5.56 Å². The van der Waals surface area contributed by atoms with Gasteiger partial charge in [0.2, 0.25) is 0 Å². The topological polar surface area (TPSA) is 57.0 Å². The molecule has 0 amide bonds. The van der Waals surface area contributed by atoms with Crippen molar-refractivity contribution in [2.75, 3.05) is 0 Å². The van der Waals surface area contributed by atoms with Gasteiger partial charge < -0.3 is 0 Å². The van der Waals surface area contributed by atoms with Crippen molar-refractivity contribution in [3.63, 3.8) is 0 Å². The summed E-state index contributed by atoms with van der Waals surface area (Å²) >= 11 is -3.03. The van der Waals surface area contributed by atoms with Gasteiger partial charge >= 0.3 is 208 Å². The van der Waals surface area contributed by atoms with E-state index in [0.717, 1.165) is 32.0 Å². The van der Waals surface area contributed by atoms with Crippen LogP contribution in [0.15, 0.2) is 53.7 Å². The van der Waals surface area contributed by atoms with E-state index >= 15 is 0 Å². The average molecular weight is 566 g/mol. The molecule has 34 heavy (non-hydrogen) atoms. The van der Waals surface area contributed by atoms with E-state index in [1.807, 2.05) is 35.0 Å². The zero-order valence-corrected chi connectivity index (χ0v) is 23.7. The molecule has 0 saturated heterocycles. The molecule has 5 nitrogen and oxygen atoms in total. The van der Waals surface area contributed by atoms with E-state index < -0.39 is 18.4 Å². The summed E-state index contributed by atoms with van der Waals surface area (Å²) in [4.78, 5) is 23.4. The van der Waals surface area contributed by atoms with Gasteiger partial charge in [0.05, 0.1) is 0 Å². The molecule has 0 fully saturated rings. The third-order valence-electron chi connectivity index (χ3n) is 7.20. The van der Waals surface area contributed by atoms with Crippen LogP contribution in [0.2, 0.25) is 13.3 Å². The first-order valence-corrected chi connectivity index (χ1v) is 20.4. The molecular weight excluding hydrogens is 529 g/mol. The molecule has 0 saturated carbocycles. The predicted octanol–water partition coefficient (Wildman–Crippen LogP) is 6.24. The Balaban J connectivity index is 2.02. The minimum absolute atomic E-state index is 0.161. The molecule has 1 aliphatic rings. The first kappa shape index (κ1) is 25.0. The molecule has 0 unspecified atom stereocenters. The van der Waals surface area contributed by atoms with Crippen LogP contribution in [-0.2, 0) is 6.61 Å². The summed E-state index contributed by atoms with van der Waals surface area (Å²) in [5.41, 5.74) is 3.77. The predicted molar refractivity (Wildman–Crippen MR) is 142 cm³/mol. The Kier molecular flexibility index (Phi) is 8.45. The van der Waals surface area contributed by atoms with Crippen LogP contribution < -0.4 is 13.9 Å². The van der Waals surface area contributed by atoms with E-state index in [1.165, 1.54) is 51.8 Å². The van der Waals surface area contributed by atoms with Gasteiger partial charge in [-0.3, -0.25) is 0 Å². The summed E-state index contributed by atoms with van der Waals surface area (Å²) in [5.74, 6) is 0.800. The van der Waals surface area contributed by atoms with Gasteiger partial charge in [-0.15, -0.1) is 0 Å². The van der Waals surface area contributed by atoms with E-state index in [4.69, 9.17) is 9.72 Å². The molecule has 0 aliphatic carbocycles. The minimum atomic E-state index is -3.03. The maximum absolute atomic E-state index is 14.4. The van der Waals surface area contributed by atoms with Gasteiger partial charge in [-0.2, -0.15) is 0 Å². The van der Waals surface area contributed by atoms with Gasteiger partial charge in [0.1, 0.15) is 0 Å². The molecule has 4 rings (SSSR count). The van der Waals surface area contributed by atoms with Gasteiger partial charge in [-0.25, -0.2) is 0 Å². The van der Waals surface area contributed by atoms with Crippen molar-refractivity contribution in [1.29, 1.82) is 0 Å². The van der Waals surface area contributed by atoms with Crippen molar-refractivity contribution in [3.05, 3.63) is 65.0 Å². The van der Waals surface area contributed by atoms with Crippen molar-refractivity contribution in [2.24, 2.45) is 0 Å². The molecule has 0 N–H and O–H groups in total. The average Bonchev–Trinajstić information content (AvgIpc) is 2.88. The Hall–Kier alpha value is -2.15. The fourth-order valence-electron chi connectivity index (χ4n) is 5.32. The number of hydrogen-bond donors (Lipinski definition) is 0. The van der Waals surface area contributed by atoms with E-state index in [0.29, 0.717) is 6.61 Å². The van der Waals surface area contributed by atoms with Gasteiger partial charge in [0.25, 0.3) is 0 Å². The van der Waals surface area contributed by atoms with Crippen molar-refractivity contribution in [2.45, 2.75) is 79.2 Å². The Bertz CT molecular complexity index is 1140. The first-order valence-electron chi connectivity index (χ1n) is 12.9. The monoisotopic (exact) mass is 567 g/mol. The van der Waals surface area contributed by atoms with Crippen molar-refractivity contribution in [3.8, 4) is 22.7 Å². The van der Waals surface area contributed by atoms with Crippen LogP contribution in [0.25, 0.3) is 16.9 Å². The summed E-state index contributed by atoms with van der Waals surface area (Å²) in [6.07, 6.45) is 12.5. The third kappa shape index (κ3) is 4.95. The number of fused-ring (bicyclic) bond motifs is 3. The molecule has 4 heterocycles. The van der Waals surface area contributed by atoms with Crippen molar-refractivity contribution < 1.29 is 4.74 Å². The Labute approximate surface area is 207 Å². The molecule has 1 aliphatic heterocycles. The second-order valence-corrected chi connectivity index (χ2v) is 22.6. The van der Waals surface area contributed by atoms with Crippen LogP contribution in [0.5, 0.6) is 5.75 Å². The molecule has 0 atom stereocenters. The third-order valence-corrected chi connectivity index (χ3v) is 22.7. The summed E-state index contributed by atoms with van der Waals surface area (Å²) in [6, 6.07) is 10.0. The standard InChI is InChI=1S/C16H10N3O2.3C4H9.Sn/c20-15-6-5-12-13(19(15)11-3-1-7-17-9-11)10-21-14-4-2-8-18-16(12)14;3*1-3-4-2;/h1-5,7-9H,10H2;3*1,3-4H2,2H3;. The molecule has 3 aromatic heterocycles. The van der Waals surface area contributed by atoms with E-state index in [2.05, 4.69) is 31.8 Å². The number of hydrogen-bond acceptors (Lipinski definition) is 4. The fourth-order valence-corrected chi connectivity index (χ4v) is 21.5. The second kappa shape index (κ2) is 11.5. The second-order valence-electron chi connectivity index (χ2n) is 9.50. The molecule has 0 spiro atoms. The molecule has 0 radical (unpaired) electrons. The van der Waals surface area contributed by atoms with Crippen LogP contribution >= 0.6 is 0 Å². The van der Waals surface area contributed by atoms with Crippen LogP contribution in [0, 0.1) is 0 Å². The van der Waals surface area contributed by atoms with Gasteiger partial charge in [-0.1, -0.05) is 0 Å². The van der Waals surface area contributed by atoms with Gasteiger partial charge in [0, 0.05) is 0 Å². The number of rotatable bonds is 11. The Morgan fingerprint density at radius 3 is 2.26 bits per heavy atom. The quantitative estimate of drug-likeness (QED) is 0.258. The first-order chi connectivity index (χ1) is 16.6. The van der Waals surface area contributed by atoms with Crippen LogP contribution in [0.4, 0.5) is 0 Å². The molecule has 0 bridgehead atoms. The summed E-state index contributed by atoms with van der Waals surface area (Å²) in [5, 5.41) is 0.